The zero-order valence-electron chi connectivity index (χ0n) is 14.0. The average Bonchev–Trinajstić information content (AvgIpc) is 2.72. The Morgan fingerprint density at radius 3 is 2.32 bits per heavy atom. The molecule has 1 aliphatic heterocycles. The van der Waals surface area contributed by atoms with Crippen LogP contribution in [0.4, 0.5) is 0 Å². The zero-order valence-corrected chi connectivity index (χ0v) is 14.0. The SMILES string of the molecule is CCC(C)(CNC(C)(C)C)CN(C)C1CCOC1C. The van der Waals surface area contributed by atoms with Crippen LogP contribution in [0.25, 0.3) is 0 Å². The number of hydrogen-bond acceptors (Lipinski definition) is 3. The van der Waals surface area contributed by atoms with Crippen LogP contribution in [0, 0.1) is 5.41 Å². The van der Waals surface area contributed by atoms with Crippen molar-refractivity contribution in [2.75, 3.05) is 26.7 Å². The van der Waals surface area contributed by atoms with E-state index in [-0.39, 0.29) is 5.54 Å². The van der Waals surface area contributed by atoms with E-state index in [9.17, 15) is 0 Å². The maximum atomic E-state index is 5.69. The first kappa shape index (κ1) is 16.9. The molecule has 114 valence electrons. The van der Waals surface area contributed by atoms with E-state index in [1.165, 1.54) is 12.8 Å². The number of rotatable bonds is 6. The fraction of sp³-hybridized carbons (Fsp3) is 1.00. The smallest absolute Gasteiger partial charge is 0.0702 e. The Morgan fingerprint density at radius 1 is 1.26 bits per heavy atom. The summed E-state index contributed by atoms with van der Waals surface area (Å²) in [6.45, 7) is 16.7. The first-order valence-electron chi connectivity index (χ1n) is 7.74. The third kappa shape index (κ3) is 5.41. The van der Waals surface area contributed by atoms with Gasteiger partial charge >= 0.3 is 0 Å². The molecule has 1 fully saturated rings. The molecule has 3 atom stereocenters. The molecule has 3 unspecified atom stereocenters. The van der Waals surface area contributed by atoms with Crippen LogP contribution in [0.2, 0.25) is 0 Å². The fourth-order valence-corrected chi connectivity index (χ4v) is 2.79. The normalized spacial score (nSPS) is 27.8. The van der Waals surface area contributed by atoms with Crippen LogP contribution >= 0.6 is 0 Å². The van der Waals surface area contributed by atoms with Crippen molar-refractivity contribution in [3.63, 3.8) is 0 Å². The second-order valence-corrected chi connectivity index (χ2v) is 7.61. The number of likely N-dealkylation sites (N-methyl/N-ethyl adjacent to an activating group) is 1. The zero-order chi connectivity index (χ0) is 14.7. The lowest BCUT2D eigenvalue weighted by atomic mass is 9.85. The summed E-state index contributed by atoms with van der Waals surface area (Å²) in [4.78, 5) is 2.51. The Kier molecular flexibility index (Phi) is 5.84. The van der Waals surface area contributed by atoms with Gasteiger partial charge in [-0.15, -0.1) is 0 Å². The van der Waals surface area contributed by atoms with Gasteiger partial charge in [-0.2, -0.15) is 0 Å². The van der Waals surface area contributed by atoms with Crippen LogP contribution in [-0.2, 0) is 4.74 Å². The van der Waals surface area contributed by atoms with Gasteiger partial charge in [-0.3, -0.25) is 0 Å². The highest BCUT2D eigenvalue weighted by atomic mass is 16.5. The van der Waals surface area contributed by atoms with Crippen molar-refractivity contribution in [2.24, 2.45) is 5.41 Å². The molecule has 1 saturated heterocycles. The number of hydrogen-bond donors (Lipinski definition) is 1. The molecule has 0 bridgehead atoms. The molecule has 0 aromatic rings. The molecule has 1 rings (SSSR count). The van der Waals surface area contributed by atoms with Crippen LogP contribution in [-0.4, -0.2) is 49.3 Å². The van der Waals surface area contributed by atoms with Gasteiger partial charge in [0.05, 0.1) is 6.10 Å². The van der Waals surface area contributed by atoms with Gasteiger partial charge in [-0.1, -0.05) is 13.8 Å². The summed E-state index contributed by atoms with van der Waals surface area (Å²) in [5.74, 6) is 0. The molecular weight excluding hydrogens is 236 g/mol. The molecule has 0 amide bonds. The maximum absolute atomic E-state index is 5.69. The first-order chi connectivity index (χ1) is 8.67. The van der Waals surface area contributed by atoms with Crippen molar-refractivity contribution in [2.45, 2.75) is 72.1 Å². The molecule has 1 aliphatic rings. The molecule has 0 radical (unpaired) electrons. The van der Waals surface area contributed by atoms with E-state index < -0.39 is 0 Å². The Hall–Kier alpha value is -0.120. The predicted octanol–water partition coefficient (Wildman–Crippen LogP) is 2.90. The molecule has 1 N–H and O–H groups in total. The second kappa shape index (κ2) is 6.55. The van der Waals surface area contributed by atoms with Crippen LogP contribution in [0.1, 0.15) is 54.4 Å². The molecule has 0 saturated carbocycles. The lowest BCUT2D eigenvalue weighted by molar-refractivity contribution is 0.0638. The minimum atomic E-state index is 0.193. The van der Waals surface area contributed by atoms with Gasteiger partial charge in [0.25, 0.3) is 0 Å². The second-order valence-electron chi connectivity index (χ2n) is 7.61. The van der Waals surface area contributed by atoms with Crippen molar-refractivity contribution < 1.29 is 4.74 Å². The highest BCUT2D eigenvalue weighted by Crippen LogP contribution is 2.26. The number of nitrogens with one attached hydrogen (secondary N) is 1. The van der Waals surface area contributed by atoms with E-state index in [1.807, 2.05) is 0 Å². The summed E-state index contributed by atoms with van der Waals surface area (Å²) in [5.41, 5.74) is 0.517. The van der Waals surface area contributed by atoms with Gasteiger partial charge in [-0.05, 0) is 53.0 Å². The van der Waals surface area contributed by atoms with E-state index in [0.29, 0.717) is 17.6 Å². The van der Waals surface area contributed by atoms with Crippen LogP contribution < -0.4 is 5.32 Å². The Bertz CT molecular complexity index is 274. The summed E-state index contributed by atoms with van der Waals surface area (Å²) in [5, 5.41) is 3.66. The van der Waals surface area contributed by atoms with Gasteiger partial charge in [-0.25, -0.2) is 0 Å². The molecule has 0 aromatic heterocycles. The topological polar surface area (TPSA) is 24.5 Å². The van der Waals surface area contributed by atoms with Crippen molar-refractivity contribution in [1.29, 1.82) is 0 Å². The van der Waals surface area contributed by atoms with E-state index >= 15 is 0 Å². The fourth-order valence-electron chi connectivity index (χ4n) is 2.79. The number of ether oxygens (including phenoxy) is 1. The predicted molar refractivity (Wildman–Crippen MR) is 82.6 cm³/mol. The standard InChI is InChI=1S/C16H34N2O/c1-8-16(6,11-17-15(3,4)5)12-18(7)14-9-10-19-13(14)2/h13-14,17H,8-12H2,1-7H3. The highest BCUT2D eigenvalue weighted by Gasteiger charge is 2.32. The van der Waals surface area contributed by atoms with Crippen LogP contribution in [0.5, 0.6) is 0 Å². The van der Waals surface area contributed by atoms with Crippen LogP contribution in [0.15, 0.2) is 0 Å². The van der Waals surface area contributed by atoms with Crippen molar-refractivity contribution in [1.82, 2.24) is 10.2 Å². The quantitative estimate of drug-likeness (QED) is 0.803. The van der Waals surface area contributed by atoms with E-state index in [1.54, 1.807) is 0 Å². The Labute approximate surface area is 120 Å². The number of nitrogens with zero attached hydrogens (tertiary/aromatic N) is 1. The molecule has 0 spiro atoms. The third-order valence-electron chi connectivity index (χ3n) is 4.43. The first-order valence-corrected chi connectivity index (χ1v) is 7.74. The van der Waals surface area contributed by atoms with E-state index in [0.717, 1.165) is 19.7 Å². The highest BCUT2D eigenvalue weighted by molar-refractivity contribution is 4.87. The van der Waals surface area contributed by atoms with Crippen LogP contribution in [0.3, 0.4) is 0 Å². The summed E-state index contributed by atoms with van der Waals surface area (Å²) in [6, 6.07) is 0.584. The van der Waals surface area contributed by atoms with E-state index in [4.69, 9.17) is 4.74 Å². The lowest BCUT2D eigenvalue weighted by Gasteiger charge is -2.38. The molecule has 19 heavy (non-hydrogen) atoms. The summed E-state index contributed by atoms with van der Waals surface area (Å²) < 4.78 is 5.69. The van der Waals surface area contributed by atoms with Gasteiger partial charge in [0.1, 0.15) is 0 Å². The molecule has 0 aliphatic carbocycles. The summed E-state index contributed by atoms with van der Waals surface area (Å²) in [6.07, 6.45) is 2.74. The lowest BCUT2D eigenvalue weighted by Crippen LogP contribution is -2.49. The van der Waals surface area contributed by atoms with Crippen molar-refractivity contribution >= 4 is 0 Å². The average molecular weight is 270 g/mol. The summed E-state index contributed by atoms with van der Waals surface area (Å²) in [7, 11) is 2.25. The molecule has 0 aromatic carbocycles. The summed E-state index contributed by atoms with van der Waals surface area (Å²) >= 11 is 0. The minimum Gasteiger partial charge on any atom is -0.377 e. The largest absolute Gasteiger partial charge is 0.377 e. The van der Waals surface area contributed by atoms with Gasteiger partial charge < -0.3 is 15.0 Å². The minimum absolute atomic E-state index is 0.193. The van der Waals surface area contributed by atoms with Crippen molar-refractivity contribution in [3.8, 4) is 0 Å². The third-order valence-corrected chi connectivity index (χ3v) is 4.43. The molecule has 3 heteroatoms. The molecular formula is C16H34N2O. The van der Waals surface area contributed by atoms with Crippen molar-refractivity contribution in [3.05, 3.63) is 0 Å². The molecule has 1 heterocycles. The van der Waals surface area contributed by atoms with Gasteiger partial charge in [0, 0.05) is 31.3 Å². The van der Waals surface area contributed by atoms with Gasteiger partial charge in [0.2, 0.25) is 0 Å². The molecule has 3 nitrogen and oxygen atoms in total. The maximum Gasteiger partial charge on any atom is 0.0702 e. The Morgan fingerprint density at radius 2 is 1.89 bits per heavy atom. The van der Waals surface area contributed by atoms with E-state index in [2.05, 4.69) is 58.8 Å². The monoisotopic (exact) mass is 270 g/mol. The Balaban J connectivity index is 2.54. The van der Waals surface area contributed by atoms with Gasteiger partial charge in [0.15, 0.2) is 0 Å².